The lowest BCUT2D eigenvalue weighted by atomic mass is 9.57. The number of rotatable bonds is 5. The highest BCUT2D eigenvalue weighted by atomic mass is 16.3. The minimum Gasteiger partial charge on any atom is -0.508 e. The number of aromatic hydroxyl groups is 1. The molecule has 9 nitrogen and oxygen atoms in total. The Bertz CT molecular complexity index is 1170. The van der Waals surface area contributed by atoms with Gasteiger partial charge in [0.2, 0.25) is 5.78 Å². The van der Waals surface area contributed by atoms with E-state index in [2.05, 4.69) is 6.92 Å². The molecule has 4 rings (SSSR count). The molecule has 9 heteroatoms. The molecule has 6 N–H and O–H groups in total. The van der Waals surface area contributed by atoms with E-state index in [4.69, 9.17) is 5.73 Å². The van der Waals surface area contributed by atoms with Gasteiger partial charge in [-0.1, -0.05) is 19.4 Å². The predicted molar refractivity (Wildman–Crippen MR) is 123 cm³/mol. The SMILES string of the molecule is CCCCc1ccc(O)c2c1C[C@@H]1C[C@H]3[C@H](N(C)C)C(=O)C(C(N)=O)=C(O)[C@@]3(O)C(=O)C1=C2O. The maximum atomic E-state index is 13.7. The van der Waals surface area contributed by atoms with Crippen LogP contribution in [0.5, 0.6) is 5.75 Å². The molecule has 1 amide bonds. The first-order valence-electron chi connectivity index (χ1n) is 11.4. The zero-order valence-corrected chi connectivity index (χ0v) is 19.5. The minimum atomic E-state index is -2.61. The Morgan fingerprint density at radius 2 is 1.88 bits per heavy atom. The summed E-state index contributed by atoms with van der Waals surface area (Å²) in [6.45, 7) is 2.06. The molecule has 0 unspecified atom stereocenters. The summed E-state index contributed by atoms with van der Waals surface area (Å²) in [6, 6.07) is 2.19. The molecule has 0 heterocycles. The summed E-state index contributed by atoms with van der Waals surface area (Å²) < 4.78 is 0. The number of phenolic OH excluding ortho intramolecular Hbond substituents is 1. The Kier molecular flexibility index (Phi) is 5.81. The summed E-state index contributed by atoms with van der Waals surface area (Å²) in [5.41, 5.74) is 3.60. The Morgan fingerprint density at radius 3 is 2.47 bits per heavy atom. The summed E-state index contributed by atoms with van der Waals surface area (Å²) in [7, 11) is 3.16. The Labute approximate surface area is 197 Å². The van der Waals surface area contributed by atoms with Crippen LogP contribution in [-0.2, 0) is 27.2 Å². The maximum Gasteiger partial charge on any atom is 0.255 e. The van der Waals surface area contributed by atoms with E-state index in [0.717, 1.165) is 30.4 Å². The number of aliphatic hydroxyl groups excluding tert-OH is 2. The normalized spacial score (nSPS) is 28.7. The van der Waals surface area contributed by atoms with E-state index in [1.807, 2.05) is 6.07 Å². The Morgan fingerprint density at radius 1 is 1.21 bits per heavy atom. The minimum absolute atomic E-state index is 0.0919. The number of benzene rings is 1. The molecule has 3 aliphatic rings. The smallest absolute Gasteiger partial charge is 0.255 e. The largest absolute Gasteiger partial charge is 0.508 e. The first-order chi connectivity index (χ1) is 16.0. The van der Waals surface area contributed by atoms with Crippen molar-refractivity contribution in [3.8, 4) is 5.75 Å². The fraction of sp³-hybridized carbons (Fsp3) is 0.480. The number of primary amides is 1. The van der Waals surface area contributed by atoms with Crippen molar-refractivity contribution in [2.75, 3.05) is 14.1 Å². The van der Waals surface area contributed by atoms with Crippen molar-refractivity contribution in [1.82, 2.24) is 4.90 Å². The van der Waals surface area contributed by atoms with E-state index in [-0.39, 0.29) is 23.3 Å². The first-order valence-corrected chi connectivity index (χ1v) is 11.4. The number of fused-ring (bicyclic) bond motifs is 3. The van der Waals surface area contributed by atoms with Gasteiger partial charge in [-0.3, -0.25) is 19.3 Å². The number of nitrogens with zero attached hydrogens (tertiary/aromatic N) is 1. The summed E-state index contributed by atoms with van der Waals surface area (Å²) in [5.74, 6) is -6.34. The molecule has 0 spiro atoms. The molecule has 1 saturated carbocycles. The summed E-state index contributed by atoms with van der Waals surface area (Å²) in [6.07, 6.45) is 3.02. The zero-order valence-electron chi connectivity index (χ0n) is 19.5. The molecule has 1 aromatic carbocycles. The summed E-state index contributed by atoms with van der Waals surface area (Å²) in [5, 5.41) is 44.1. The van der Waals surface area contributed by atoms with Gasteiger partial charge in [0.15, 0.2) is 11.4 Å². The number of phenols is 1. The van der Waals surface area contributed by atoms with Crippen molar-refractivity contribution in [2.24, 2.45) is 17.6 Å². The number of Topliss-reactive ketones (excluding diaryl/α,β-unsaturated/α-hetero) is 2. The van der Waals surface area contributed by atoms with E-state index in [1.165, 1.54) is 11.0 Å². The van der Waals surface area contributed by atoms with Gasteiger partial charge in [0.1, 0.15) is 22.8 Å². The van der Waals surface area contributed by atoms with Crippen LogP contribution >= 0.6 is 0 Å². The van der Waals surface area contributed by atoms with Crippen LogP contribution < -0.4 is 5.73 Å². The molecule has 0 radical (unpaired) electrons. The van der Waals surface area contributed by atoms with E-state index in [1.54, 1.807) is 14.1 Å². The number of unbranched alkanes of at least 4 members (excludes halogenated alkanes) is 1. The molecule has 182 valence electrons. The molecule has 1 fully saturated rings. The Balaban J connectivity index is 1.94. The van der Waals surface area contributed by atoms with Crippen molar-refractivity contribution in [2.45, 2.75) is 50.7 Å². The number of ketones is 2. The zero-order chi connectivity index (χ0) is 25.1. The van der Waals surface area contributed by atoms with Gasteiger partial charge in [0, 0.05) is 11.5 Å². The number of aryl methyl sites for hydroxylation is 1. The topological polar surface area (TPSA) is 161 Å². The number of nitrogens with two attached hydrogens (primary N) is 1. The molecule has 0 aromatic heterocycles. The number of aliphatic hydroxyl groups is 3. The van der Waals surface area contributed by atoms with Crippen molar-refractivity contribution in [3.05, 3.63) is 45.7 Å². The fourth-order valence-corrected chi connectivity index (χ4v) is 5.91. The van der Waals surface area contributed by atoms with Gasteiger partial charge in [0.25, 0.3) is 5.91 Å². The molecular formula is C25H30N2O7. The average Bonchev–Trinajstić information content (AvgIpc) is 2.75. The molecule has 34 heavy (non-hydrogen) atoms. The van der Waals surface area contributed by atoms with E-state index < -0.39 is 58.0 Å². The number of hydrogen-bond donors (Lipinski definition) is 5. The van der Waals surface area contributed by atoms with Crippen LogP contribution in [-0.4, -0.2) is 68.5 Å². The van der Waals surface area contributed by atoms with Gasteiger partial charge in [-0.2, -0.15) is 0 Å². The molecular weight excluding hydrogens is 440 g/mol. The van der Waals surface area contributed by atoms with Crippen LogP contribution in [0.25, 0.3) is 5.76 Å². The second-order valence-electron chi connectivity index (χ2n) is 9.66. The lowest BCUT2D eigenvalue weighted by Crippen LogP contribution is -2.65. The van der Waals surface area contributed by atoms with E-state index in [0.29, 0.717) is 6.42 Å². The third-order valence-electron chi connectivity index (χ3n) is 7.50. The van der Waals surface area contributed by atoms with E-state index >= 15 is 0 Å². The highest BCUT2D eigenvalue weighted by Crippen LogP contribution is 2.52. The lowest BCUT2D eigenvalue weighted by molar-refractivity contribution is -0.153. The van der Waals surface area contributed by atoms with Gasteiger partial charge in [-0.05, 0) is 62.9 Å². The van der Waals surface area contributed by atoms with Crippen molar-refractivity contribution in [1.29, 1.82) is 0 Å². The Hall–Kier alpha value is -3.17. The fourth-order valence-electron chi connectivity index (χ4n) is 5.91. The van der Waals surface area contributed by atoms with E-state index in [9.17, 15) is 34.8 Å². The van der Waals surface area contributed by atoms with Crippen LogP contribution in [0.15, 0.2) is 29.0 Å². The third-order valence-corrected chi connectivity index (χ3v) is 7.50. The number of hydrogen-bond acceptors (Lipinski definition) is 8. The first kappa shape index (κ1) is 24.0. The predicted octanol–water partition coefficient (Wildman–Crippen LogP) is 1.31. The summed E-state index contributed by atoms with van der Waals surface area (Å²) >= 11 is 0. The second-order valence-corrected chi connectivity index (χ2v) is 9.66. The molecule has 0 bridgehead atoms. The van der Waals surface area contributed by atoms with Crippen LogP contribution in [0.4, 0.5) is 0 Å². The van der Waals surface area contributed by atoms with Gasteiger partial charge < -0.3 is 26.2 Å². The molecule has 3 aliphatic carbocycles. The van der Waals surface area contributed by atoms with Crippen molar-refractivity contribution in [3.63, 3.8) is 0 Å². The molecule has 0 saturated heterocycles. The molecule has 1 aromatic rings. The lowest BCUT2D eigenvalue weighted by Gasteiger charge is -2.50. The monoisotopic (exact) mass is 470 g/mol. The second kappa shape index (κ2) is 8.25. The van der Waals surface area contributed by atoms with Crippen molar-refractivity contribution >= 4 is 23.2 Å². The maximum absolute atomic E-state index is 13.7. The highest BCUT2D eigenvalue weighted by molar-refractivity contribution is 6.24. The standard InChI is InChI=1S/C25H30N2O7/c1-4-5-6-11-7-8-15(28)17-13(11)9-12-10-14-19(27(2)3)21(30)18(24(26)33)23(32)25(14,34)22(31)16(12)20(17)29/h7-8,12,14,19,28-29,32,34H,4-6,9-10H2,1-3H3,(H2,26,33)/t12-,14+,19+,25+/m1/s1. The quantitative estimate of drug-likeness (QED) is 0.402. The van der Waals surface area contributed by atoms with Crippen LogP contribution in [0, 0.1) is 11.8 Å². The molecule has 0 aliphatic heterocycles. The van der Waals surface area contributed by atoms with Gasteiger partial charge in [-0.25, -0.2) is 0 Å². The number of amides is 1. The van der Waals surface area contributed by atoms with Gasteiger partial charge in [0.05, 0.1) is 11.6 Å². The average molecular weight is 471 g/mol. The molecule has 4 atom stereocenters. The number of likely N-dealkylation sites (N-methyl/N-ethyl adjacent to an activating group) is 1. The van der Waals surface area contributed by atoms with Crippen molar-refractivity contribution < 1.29 is 34.8 Å². The number of carbonyl (C=O) groups excluding carboxylic acids is 3. The van der Waals surface area contributed by atoms with Crippen LogP contribution in [0.3, 0.4) is 0 Å². The highest BCUT2D eigenvalue weighted by Gasteiger charge is 2.64. The van der Waals surface area contributed by atoms with Gasteiger partial charge >= 0.3 is 0 Å². The van der Waals surface area contributed by atoms with Crippen LogP contribution in [0.1, 0.15) is 42.9 Å². The number of carbonyl (C=O) groups is 3. The third kappa shape index (κ3) is 3.18. The van der Waals surface area contributed by atoms with Crippen LogP contribution in [0.2, 0.25) is 0 Å². The summed E-state index contributed by atoms with van der Waals surface area (Å²) in [4.78, 5) is 40.3. The van der Waals surface area contributed by atoms with Gasteiger partial charge in [-0.15, -0.1) is 0 Å².